The van der Waals surface area contributed by atoms with E-state index in [2.05, 4.69) is 35.8 Å². The summed E-state index contributed by atoms with van der Waals surface area (Å²) >= 11 is 0. The Morgan fingerprint density at radius 3 is 3.20 bits per heavy atom. The lowest BCUT2D eigenvalue weighted by molar-refractivity contribution is -0.124. The molecule has 20 heavy (non-hydrogen) atoms. The molecule has 2 heterocycles. The first-order valence-corrected chi connectivity index (χ1v) is 7.57. The van der Waals surface area contributed by atoms with Crippen LogP contribution >= 0.6 is 0 Å². The summed E-state index contributed by atoms with van der Waals surface area (Å²) < 4.78 is 5.55. The first-order valence-electron chi connectivity index (χ1n) is 7.57. The van der Waals surface area contributed by atoms with Crippen molar-refractivity contribution in [1.82, 2.24) is 10.6 Å². The van der Waals surface area contributed by atoms with Crippen molar-refractivity contribution in [3.05, 3.63) is 29.3 Å². The van der Waals surface area contributed by atoms with Gasteiger partial charge in [-0.05, 0) is 36.5 Å². The number of nitrogens with one attached hydrogen (secondary N) is 2. The van der Waals surface area contributed by atoms with Crippen LogP contribution in [0.2, 0.25) is 0 Å². The molecule has 4 nitrogen and oxygen atoms in total. The largest absolute Gasteiger partial charge is 0.493 e. The zero-order chi connectivity index (χ0) is 13.9. The van der Waals surface area contributed by atoms with Gasteiger partial charge >= 0.3 is 0 Å². The molecular weight excluding hydrogens is 252 g/mol. The fourth-order valence-corrected chi connectivity index (χ4v) is 3.05. The van der Waals surface area contributed by atoms with Crippen LogP contribution in [0.25, 0.3) is 0 Å². The normalized spacial score (nSPS) is 22.9. The Bertz CT molecular complexity index is 501. The molecule has 0 aliphatic carbocycles. The highest BCUT2D eigenvalue weighted by molar-refractivity contribution is 5.82. The zero-order valence-corrected chi connectivity index (χ0v) is 11.9. The van der Waals surface area contributed by atoms with Crippen LogP contribution in [0.15, 0.2) is 18.2 Å². The summed E-state index contributed by atoms with van der Waals surface area (Å²) in [5, 5.41) is 6.44. The SMILES string of the molecule is CCC(NC1CCCNC1=O)c1ccc2c(c1)CCO2. The molecule has 1 aromatic rings. The van der Waals surface area contributed by atoms with Gasteiger partial charge in [0.1, 0.15) is 5.75 Å². The molecule has 2 aliphatic rings. The summed E-state index contributed by atoms with van der Waals surface area (Å²) in [6, 6.07) is 6.58. The minimum Gasteiger partial charge on any atom is -0.493 e. The van der Waals surface area contributed by atoms with Gasteiger partial charge < -0.3 is 10.1 Å². The Morgan fingerprint density at radius 2 is 2.40 bits per heavy atom. The number of fused-ring (bicyclic) bond motifs is 1. The van der Waals surface area contributed by atoms with E-state index in [-0.39, 0.29) is 18.0 Å². The van der Waals surface area contributed by atoms with E-state index >= 15 is 0 Å². The molecule has 1 fully saturated rings. The Balaban J connectivity index is 1.74. The summed E-state index contributed by atoms with van der Waals surface area (Å²) in [4.78, 5) is 11.9. The van der Waals surface area contributed by atoms with Crippen LogP contribution in [0, 0.1) is 0 Å². The monoisotopic (exact) mass is 274 g/mol. The molecule has 2 aliphatic heterocycles. The zero-order valence-electron chi connectivity index (χ0n) is 11.9. The van der Waals surface area contributed by atoms with Gasteiger partial charge in [-0.3, -0.25) is 10.1 Å². The first-order chi connectivity index (χ1) is 9.78. The molecule has 2 unspecified atom stereocenters. The number of benzene rings is 1. The Morgan fingerprint density at radius 1 is 1.50 bits per heavy atom. The number of carbonyl (C=O) groups is 1. The second-order valence-electron chi connectivity index (χ2n) is 5.58. The molecule has 0 spiro atoms. The van der Waals surface area contributed by atoms with Gasteiger partial charge in [0.05, 0.1) is 12.6 Å². The van der Waals surface area contributed by atoms with Gasteiger partial charge in [-0.2, -0.15) is 0 Å². The summed E-state index contributed by atoms with van der Waals surface area (Å²) in [5.74, 6) is 1.15. The Kier molecular flexibility index (Phi) is 3.92. The molecule has 4 heteroatoms. The van der Waals surface area contributed by atoms with Crippen LogP contribution in [-0.4, -0.2) is 25.1 Å². The average Bonchev–Trinajstić information content (AvgIpc) is 2.94. The lowest BCUT2D eigenvalue weighted by Gasteiger charge is -2.28. The van der Waals surface area contributed by atoms with E-state index in [0.717, 1.165) is 44.6 Å². The Labute approximate surface area is 119 Å². The molecule has 108 valence electrons. The van der Waals surface area contributed by atoms with Gasteiger partial charge in [-0.1, -0.05) is 19.1 Å². The smallest absolute Gasteiger partial charge is 0.237 e. The van der Waals surface area contributed by atoms with Crippen molar-refractivity contribution in [2.24, 2.45) is 0 Å². The van der Waals surface area contributed by atoms with Crippen molar-refractivity contribution in [3.63, 3.8) is 0 Å². The highest BCUT2D eigenvalue weighted by Gasteiger charge is 2.25. The first kappa shape index (κ1) is 13.4. The van der Waals surface area contributed by atoms with Gasteiger partial charge in [-0.25, -0.2) is 0 Å². The second kappa shape index (κ2) is 5.83. The molecule has 1 amide bonds. The standard InChI is InChI=1S/C16H22N2O2/c1-2-13(18-14-4-3-8-17-16(14)19)11-5-6-15-12(10-11)7-9-20-15/h5-6,10,13-14,18H,2-4,7-9H2,1H3,(H,17,19). The maximum absolute atomic E-state index is 11.9. The fourth-order valence-electron chi connectivity index (χ4n) is 3.05. The number of hydrogen-bond donors (Lipinski definition) is 2. The quantitative estimate of drug-likeness (QED) is 0.882. The van der Waals surface area contributed by atoms with Crippen molar-refractivity contribution in [1.29, 1.82) is 0 Å². The highest BCUT2D eigenvalue weighted by Crippen LogP contribution is 2.29. The summed E-state index contributed by atoms with van der Waals surface area (Å²) in [6.07, 6.45) is 3.95. The minimum atomic E-state index is -0.0572. The van der Waals surface area contributed by atoms with Crippen LogP contribution in [0.5, 0.6) is 5.75 Å². The highest BCUT2D eigenvalue weighted by atomic mass is 16.5. The van der Waals surface area contributed by atoms with Crippen molar-refractivity contribution in [3.8, 4) is 5.75 Å². The summed E-state index contributed by atoms with van der Waals surface area (Å²) in [5.41, 5.74) is 2.55. The third-order valence-electron chi connectivity index (χ3n) is 4.21. The van der Waals surface area contributed by atoms with Crippen LogP contribution in [0.1, 0.15) is 43.4 Å². The third-order valence-corrected chi connectivity index (χ3v) is 4.21. The van der Waals surface area contributed by atoms with E-state index in [9.17, 15) is 4.79 Å². The van der Waals surface area contributed by atoms with Gasteiger partial charge in [0.2, 0.25) is 5.91 Å². The molecule has 0 bridgehead atoms. The maximum atomic E-state index is 11.9. The van der Waals surface area contributed by atoms with E-state index in [4.69, 9.17) is 4.74 Å². The lowest BCUT2D eigenvalue weighted by atomic mass is 9.98. The fraction of sp³-hybridized carbons (Fsp3) is 0.562. The predicted molar refractivity (Wildman–Crippen MR) is 77.8 cm³/mol. The number of carbonyl (C=O) groups excluding carboxylic acids is 1. The van der Waals surface area contributed by atoms with Crippen LogP contribution in [0.4, 0.5) is 0 Å². The number of amides is 1. The predicted octanol–water partition coefficient (Wildman–Crippen LogP) is 1.94. The maximum Gasteiger partial charge on any atom is 0.237 e. The van der Waals surface area contributed by atoms with E-state index in [1.165, 1.54) is 11.1 Å². The lowest BCUT2D eigenvalue weighted by Crippen LogP contribution is -2.49. The van der Waals surface area contributed by atoms with Gasteiger partial charge in [0, 0.05) is 19.0 Å². The molecule has 2 atom stereocenters. The van der Waals surface area contributed by atoms with Crippen LogP contribution in [-0.2, 0) is 11.2 Å². The van der Waals surface area contributed by atoms with Crippen molar-refractivity contribution in [2.75, 3.05) is 13.2 Å². The topological polar surface area (TPSA) is 50.4 Å². The molecule has 1 aromatic carbocycles. The van der Waals surface area contributed by atoms with Crippen molar-refractivity contribution in [2.45, 2.75) is 44.7 Å². The van der Waals surface area contributed by atoms with Crippen LogP contribution in [0.3, 0.4) is 0 Å². The number of ether oxygens (including phenoxy) is 1. The van der Waals surface area contributed by atoms with Crippen LogP contribution < -0.4 is 15.4 Å². The number of piperidine rings is 1. The summed E-state index contributed by atoms with van der Waals surface area (Å²) in [6.45, 7) is 3.75. The van der Waals surface area contributed by atoms with Crippen molar-refractivity contribution >= 4 is 5.91 Å². The molecule has 3 rings (SSSR count). The minimum absolute atomic E-state index is 0.0572. The van der Waals surface area contributed by atoms with E-state index in [1.54, 1.807) is 0 Å². The second-order valence-corrected chi connectivity index (χ2v) is 5.58. The van der Waals surface area contributed by atoms with E-state index in [0.29, 0.717) is 0 Å². The van der Waals surface area contributed by atoms with Crippen molar-refractivity contribution < 1.29 is 9.53 Å². The van der Waals surface area contributed by atoms with Gasteiger partial charge in [0.25, 0.3) is 0 Å². The molecule has 1 saturated heterocycles. The van der Waals surface area contributed by atoms with E-state index in [1.807, 2.05) is 0 Å². The molecular formula is C16H22N2O2. The van der Waals surface area contributed by atoms with E-state index < -0.39 is 0 Å². The molecule has 0 aromatic heterocycles. The Hall–Kier alpha value is -1.55. The van der Waals surface area contributed by atoms with Gasteiger partial charge in [0.15, 0.2) is 0 Å². The summed E-state index contributed by atoms with van der Waals surface area (Å²) in [7, 11) is 0. The molecule has 0 radical (unpaired) electrons. The average molecular weight is 274 g/mol. The third kappa shape index (κ3) is 2.66. The number of hydrogen-bond acceptors (Lipinski definition) is 3. The molecule has 2 N–H and O–H groups in total. The number of rotatable bonds is 4. The molecule has 0 saturated carbocycles. The van der Waals surface area contributed by atoms with Gasteiger partial charge in [-0.15, -0.1) is 0 Å².